The second-order valence-corrected chi connectivity index (χ2v) is 3.32. The van der Waals surface area contributed by atoms with Crippen molar-refractivity contribution in [3.05, 3.63) is 23.7 Å². The van der Waals surface area contributed by atoms with Crippen LogP contribution in [0.1, 0.15) is 17.6 Å². The predicted molar refractivity (Wildman–Crippen MR) is 51.0 cm³/mol. The van der Waals surface area contributed by atoms with Crippen LogP contribution >= 0.6 is 0 Å². The van der Waals surface area contributed by atoms with E-state index in [9.17, 15) is 0 Å². The lowest BCUT2D eigenvalue weighted by Crippen LogP contribution is -2.34. The SMILES string of the molecule is COCc1ccc([C@@H]2COCCN2)o1. The van der Waals surface area contributed by atoms with Crippen LogP contribution in [0.25, 0.3) is 0 Å². The second-order valence-electron chi connectivity index (χ2n) is 3.32. The molecule has 14 heavy (non-hydrogen) atoms. The molecule has 1 aromatic rings. The molecule has 78 valence electrons. The number of ether oxygens (including phenoxy) is 2. The molecule has 0 amide bonds. The van der Waals surface area contributed by atoms with Gasteiger partial charge in [-0.05, 0) is 12.1 Å². The maximum atomic E-state index is 5.60. The van der Waals surface area contributed by atoms with Crippen molar-refractivity contribution in [1.82, 2.24) is 5.32 Å². The Balaban J connectivity index is 2.00. The third-order valence-corrected chi connectivity index (χ3v) is 2.23. The smallest absolute Gasteiger partial charge is 0.129 e. The lowest BCUT2D eigenvalue weighted by atomic mass is 10.2. The lowest BCUT2D eigenvalue weighted by molar-refractivity contribution is 0.0682. The van der Waals surface area contributed by atoms with E-state index in [0.29, 0.717) is 13.2 Å². The van der Waals surface area contributed by atoms with E-state index < -0.39 is 0 Å². The van der Waals surface area contributed by atoms with E-state index in [-0.39, 0.29) is 6.04 Å². The highest BCUT2D eigenvalue weighted by atomic mass is 16.5. The van der Waals surface area contributed by atoms with Gasteiger partial charge in [0.1, 0.15) is 18.1 Å². The third kappa shape index (κ3) is 2.15. The highest BCUT2D eigenvalue weighted by molar-refractivity contribution is 5.10. The molecular weight excluding hydrogens is 182 g/mol. The molecule has 1 N–H and O–H groups in total. The number of hydrogen-bond donors (Lipinski definition) is 1. The average Bonchev–Trinajstić information content (AvgIpc) is 2.68. The minimum atomic E-state index is 0.189. The normalized spacial score (nSPS) is 22.5. The molecule has 2 heterocycles. The van der Waals surface area contributed by atoms with E-state index in [1.807, 2.05) is 12.1 Å². The first-order valence-electron chi connectivity index (χ1n) is 4.79. The summed E-state index contributed by atoms with van der Waals surface area (Å²) in [6, 6.07) is 4.10. The van der Waals surface area contributed by atoms with Gasteiger partial charge in [-0.1, -0.05) is 0 Å². The van der Waals surface area contributed by atoms with Crippen LogP contribution in [-0.4, -0.2) is 26.9 Å². The quantitative estimate of drug-likeness (QED) is 0.787. The Morgan fingerprint density at radius 1 is 1.57 bits per heavy atom. The number of hydrogen-bond acceptors (Lipinski definition) is 4. The van der Waals surface area contributed by atoms with Gasteiger partial charge in [-0.3, -0.25) is 0 Å². The topological polar surface area (TPSA) is 43.6 Å². The van der Waals surface area contributed by atoms with E-state index in [4.69, 9.17) is 13.9 Å². The third-order valence-electron chi connectivity index (χ3n) is 2.23. The zero-order valence-electron chi connectivity index (χ0n) is 8.29. The summed E-state index contributed by atoms with van der Waals surface area (Å²) in [4.78, 5) is 0. The summed E-state index contributed by atoms with van der Waals surface area (Å²) in [5, 5.41) is 3.33. The number of nitrogens with one attached hydrogen (secondary N) is 1. The van der Waals surface area contributed by atoms with Gasteiger partial charge in [0.15, 0.2) is 0 Å². The summed E-state index contributed by atoms with van der Waals surface area (Å²) >= 11 is 0. The summed E-state index contributed by atoms with van der Waals surface area (Å²) in [7, 11) is 1.66. The van der Waals surface area contributed by atoms with Crippen LogP contribution in [-0.2, 0) is 16.1 Å². The highest BCUT2D eigenvalue weighted by Gasteiger charge is 2.18. The van der Waals surface area contributed by atoms with Crippen LogP contribution < -0.4 is 5.32 Å². The average molecular weight is 197 g/mol. The van der Waals surface area contributed by atoms with E-state index in [0.717, 1.165) is 24.7 Å². The first-order valence-corrected chi connectivity index (χ1v) is 4.79. The number of morpholine rings is 1. The molecule has 0 spiro atoms. The Morgan fingerprint density at radius 3 is 3.21 bits per heavy atom. The molecule has 4 nitrogen and oxygen atoms in total. The van der Waals surface area contributed by atoms with Gasteiger partial charge < -0.3 is 19.2 Å². The van der Waals surface area contributed by atoms with E-state index in [1.165, 1.54) is 0 Å². The number of rotatable bonds is 3. The van der Waals surface area contributed by atoms with E-state index >= 15 is 0 Å². The standard InChI is InChI=1S/C10H15NO3/c1-12-6-8-2-3-10(14-8)9-7-13-5-4-11-9/h2-3,9,11H,4-7H2,1H3/t9-/m0/s1. The fourth-order valence-corrected chi connectivity index (χ4v) is 1.55. The Bertz CT molecular complexity index is 279. The molecule has 0 bridgehead atoms. The Labute approximate surface area is 83.2 Å². The van der Waals surface area contributed by atoms with Gasteiger partial charge in [-0.15, -0.1) is 0 Å². The monoisotopic (exact) mass is 197 g/mol. The molecule has 4 heteroatoms. The van der Waals surface area contributed by atoms with Gasteiger partial charge >= 0.3 is 0 Å². The van der Waals surface area contributed by atoms with Gasteiger partial charge in [0.2, 0.25) is 0 Å². The summed E-state index contributed by atoms with van der Waals surface area (Å²) in [6.07, 6.45) is 0. The molecule has 1 saturated heterocycles. The minimum Gasteiger partial charge on any atom is -0.462 e. The predicted octanol–water partition coefficient (Wildman–Crippen LogP) is 1.09. The molecule has 0 aliphatic carbocycles. The fourth-order valence-electron chi connectivity index (χ4n) is 1.55. The molecule has 1 fully saturated rings. The van der Waals surface area contributed by atoms with Crippen LogP contribution in [0.4, 0.5) is 0 Å². The van der Waals surface area contributed by atoms with Crippen molar-refractivity contribution in [2.24, 2.45) is 0 Å². The fraction of sp³-hybridized carbons (Fsp3) is 0.600. The molecule has 1 aliphatic rings. The molecule has 0 aromatic carbocycles. The maximum Gasteiger partial charge on any atom is 0.129 e. The zero-order chi connectivity index (χ0) is 9.80. The van der Waals surface area contributed by atoms with Crippen molar-refractivity contribution in [3.63, 3.8) is 0 Å². The van der Waals surface area contributed by atoms with Crippen LogP contribution in [0.5, 0.6) is 0 Å². The van der Waals surface area contributed by atoms with Crippen molar-refractivity contribution in [1.29, 1.82) is 0 Å². The molecule has 0 unspecified atom stereocenters. The summed E-state index contributed by atoms with van der Waals surface area (Å²) in [6.45, 7) is 2.86. The molecule has 2 rings (SSSR count). The Morgan fingerprint density at radius 2 is 2.50 bits per heavy atom. The Hall–Kier alpha value is -0.840. The number of methoxy groups -OCH3 is 1. The van der Waals surface area contributed by atoms with Gasteiger partial charge in [-0.2, -0.15) is 0 Å². The van der Waals surface area contributed by atoms with Crippen LogP contribution in [0.2, 0.25) is 0 Å². The molecule has 1 aliphatic heterocycles. The van der Waals surface area contributed by atoms with Crippen LogP contribution in [0, 0.1) is 0 Å². The summed E-state index contributed by atoms with van der Waals surface area (Å²) in [5.74, 6) is 1.78. The summed E-state index contributed by atoms with van der Waals surface area (Å²) in [5.41, 5.74) is 0. The highest BCUT2D eigenvalue weighted by Crippen LogP contribution is 2.18. The number of furan rings is 1. The van der Waals surface area contributed by atoms with Crippen LogP contribution in [0.15, 0.2) is 16.5 Å². The van der Waals surface area contributed by atoms with E-state index in [2.05, 4.69) is 5.32 Å². The molecule has 1 aromatic heterocycles. The minimum absolute atomic E-state index is 0.189. The molecule has 1 atom stereocenters. The van der Waals surface area contributed by atoms with E-state index in [1.54, 1.807) is 7.11 Å². The van der Waals surface area contributed by atoms with Crippen molar-refractivity contribution in [2.45, 2.75) is 12.6 Å². The van der Waals surface area contributed by atoms with Crippen molar-refractivity contribution >= 4 is 0 Å². The van der Waals surface area contributed by atoms with Crippen LogP contribution in [0.3, 0.4) is 0 Å². The second kappa shape index (κ2) is 4.59. The largest absolute Gasteiger partial charge is 0.462 e. The zero-order valence-corrected chi connectivity index (χ0v) is 8.29. The first kappa shape index (κ1) is 9.71. The van der Waals surface area contributed by atoms with Crippen molar-refractivity contribution in [3.8, 4) is 0 Å². The maximum absolute atomic E-state index is 5.60. The first-order chi connectivity index (χ1) is 6.90. The van der Waals surface area contributed by atoms with Gasteiger partial charge in [0.05, 0.1) is 19.3 Å². The Kier molecular flexibility index (Phi) is 3.18. The van der Waals surface area contributed by atoms with Gasteiger partial charge in [-0.25, -0.2) is 0 Å². The van der Waals surface area contributed by atoms with Crippen molar-refractivity contribution < 1.29 is 13.9 Å². The molecule has 0 radical (unpaired) electrons. The summed E-state index contributed by atoms with van der Waals surface area (Å²) < 4.78 is 15.9. The lowest BCUT2D eigenvalue weighted by Gasteiger charge is -2.21. The molecular formula is C10H15NO3. The van der Waals surface area contributed by atoms with Gasteiger partial charge in [0.25, 0.3) is 0 Å². The van der Waals surface area contributed by atoms with Crippen molar-refractivity contribution in [2.75, 3.05) is 26.9 Å². The van der Waals surface area contributed by atoms with Gasteiger partial charge in [0, 0.05) is 13.7 Å². The molecule has 0 saturated carbocycles.